The molecule has 2 aromatic carbocycles. The van der Waals surface area contributed by atoms with Gasteiger partial charge in [0.05, 0.1) is 5.69 Å². The predicted octanol–water partition coefficient (Wildman–Crippen LogP) is 5.66. The van der Waals surface area contributed by atoms with E-state index in [1.807, 2.05) is 15.3 Å². The maximum Gasteiger partial charge on any atom is 0.414 e. The second-order valence-electron chi connectivity index (χ2n) is 7.20. The van der Waals surface area contributed by atoms with Gasteiger partial charge in [-0.1, -0.05) is 48.7 Å². The Labute approximate surface area is 175 Å². The normalized spacial score (nSPS) is 17.6. The maximum absolute atomic E-state index is 12.1. The van der Waals surface area contributed by atoms with Crippen molar-refractivity contribution in [3.05, 3.63) is 65.0 Å². The summed E-state index contributed by atoms with van der Waals surface area (Å²) in [6.45, 7) is 4.25. The fourth-order valence-electron chi connectivity index (χ4n) is 3.73. The van der Waals surface area contributed by atoms with Crippen molar-refractivity contribution in [2.24, 2.45) is 0 Å². The van der Waals surface area contributed by atoms with E-state index in [4.69, 9.17) is 4.74 Å². The number of piperidine rings is 1. The van der Waals surface area contributed by atoms with E-state index in [2.05, 4.69) is 67.6 Å². The number of anilines is 1. The highest BCUT2D eigenvalue weighted by molar-refractivity contribution is 7.77. The van der Waals surface area contributed by atoms with E-state index in [1.54, 1.807) is 11.3 Å². The van der Waals surface area contributed by atoms with Crippen LogP contribution in [0.15, 0.2) is 53.9 Å². The maximum atomic E-state index is 12.1. The van der Waals surface area contributed by atoms with Crippen LogP contribution in [0.4, 0.5) is 10.5 Å². The first-order valence-corrected chi connectivity index (χ1v) is 10.8. The van der Waals surface area contributed by atoms with Gasteiger partial charge >= 0.3 is 6.09 Å². The standard InChI is InChI=1S/C14H18N2O2S.C8H6S/c1-10-2-3-13-11(8-10)9-18-14(17)16(13)12-4-6-15(19)7-5-12;1-2-4-8-7(3-1)5-6-9-8/h2-3,8,12,19H,4-7,9H2,1H3;1-6H. The molecule has 4 nitrogen and oxygen atoms in total. The summed E-state index contributed by atoms with van der Waals surface area (Å²) in [5, 5.41) is 3.47. The van der Waals surface area contributed by atoms with Gasteiger partial charge in [0, 0.05) is 29.4 Å². The molecule has 1 saturated heterocycles. The summed E-state index contributed by atoms with van der Waals surface area (Å²) in [7, 11) is 0. The van der Waals surface area contributed by atoms with Crippen molar-refractivity contribution in [2.45, 2.75) is 32.4 Å². The van der Waals surface area contributed by atoms with E-state index >= 15 is 0 Å². The third-order valence-corrected chi connectivity index (χ3v) is 6.51. The molecule has 1 aromatic heterocycles. The third kappa shape index (κ3) is 4.19. The number of amides is 1. The average molecular weight is 413 g/mol. The first-order chi connectivity index (χ1) is 13.6. The van der Waals surface area contributed by atoms with Gasteiger partial charge in [-0.25, -0.2) is 4.79 Å². The summed E-state index contributed by atoms with van der Waals surface area (Å²) in [5.41, 5.74) is 3.31. The average Bonchev–Trinajstić information content (AvgIpc) is 3.18. The minimum atomic E-state index is -0.214. The van der Waals surface area contributed by atoms with Crippen LogP contribution in [0.5, 0.6) is 0 Å². The minimum Gasteiger partial charge on any atom is -0.444 e. The van der Waals surface area contributed by atoms with Crippen LogP contribution in [0.1, 0.15) is 24.0 Å². The van der Waals surface area contributed by atoms with Crippen molar-refractivity contribution in [1.82, 2.24) is 4.31 Å². The minimum absolute atomic E-state index is 0.214. The first kappa shape index (κ1) is 19.3. The van der Waals surface area contributed by atoms with Gasteiger partial charge in [-0.3, -0.25) is 9.21 Å². The Morgan fingerprint density at radius 2 is 1.89 bits per heavy atom. The molecule has 0 saturated carbocycles. The summed E-state index contributed by atoms with van der Waals surface area (Å²) in [5.74, 6) is 0. The molecule has 0 atom stereocenters. The van der Waals surface area contributed by atoms with E-state index in [0.29, 0.717) is 6.61 Å². The molecule has 0 N–H and O–H groups in total. The zero-order valence-corrected chi connectivity index (χ0v) is 17.6. The molecule has 5 rings (SSSR count). The van der Waals surface area contributed by atoms with E-state index in [9.17, 15) is 4.79 Å². The second kappa shape index (κ2) is 8.55. The van der Waals surface area contributed by atoms with Crippen molar-refractivity contribution in [1.29, 1.82) is 0 Å². The zero-order chi connectivity index (χ0) is 19.5. The van der Waals surface area contributed by atoms with Crippen molar-refractivity contribution in [3.63, 3.8) is 0 Å². The fraction of sp³-hybridized carbons (Fsp3) is 0.318. The van der Waals surface area contributed by atoms with Gasteiger partial charge in [-0.05, 0) is 48.7 Å². The van der Waals surface area contributed by atoms with Crippen LogP contribution in [0.3, 0.4) is 0 Å². The van der Waals surface area contributed by atoms with Crippen LogP contribution in [0, 0.1) is 6.92 Å². The molecule has 2 aliphatic rings. The molecule has 0 spiro atoms. The smallest absolute Gasteiger partial charge is 0.414 e. The lowest BCUT2D eigenvalue weighted by Gasteiger charge is -2.39. The molecule has 0 bridgehead atoms. The predicted molar refractivity (Wildman–Crippen MR) is 119 cm³/mol. The summed E-state index contributed by atoms with van der Waals surface area (Å²) in [6.07, 6.45) is 1.66. The molecular formula is C22H24N2O2S2. The van der Waals surface area contributed by atoms with Gasteiger partial charge in [0.2, 0.25) is 0 Å². The highest BCUT2D eigenvalue weighted by Crippen LogP contribution is 2.32. The SMILES string of the molecule is Cc1ccc2c(c1)COC(=O)N2C1CCN(S)CC1.c1ccc2sccc2c1. The number of carbonyl (C=O) groups is 1. The van der Waals surface area contributed by atoms with E-state index in [1.165, 1.54) is 15.6 Å². The van der Waals surface area contributed by atoms with Gasteiger partial charge in [-0.15, -0.1) is 11.3 Å². The Morgan fingerprint density at radius 3 is 2.68 bits per heavy atom. The van der Waals surface area contributed by atoms with Crippen molar-refractivity contribution >= 4 is 46.0 Å². The lowest BCUT2D eigenvalue weighted by molar-refractivity contribution is 0.136. The number of benzene rings is 2. The van der Waals surface area contributed by atoms with Crippen LogP contribution in [-0.4, -0.2) is 29.5 Å². The van der Waals surface area contributed by atoms with Gasteiger partial charge in [0.15, 0.2) is 0 Å². The highest BCUT2D eigenvalue weighted by Gasteiger charge is 2.33. The quantitative estimate of drug-likeness (QED) is 0.523. The van der Waals surface area contributed by atoms with Crippen LogP contribution < -0.4 is 4.90 Å². The Bertz CT molecular complexity index is 934. The number of cyclic esters (lactones) is 1. The monoisotopic (exact) mass is 412 g/mol. The number of hydrogen-bond acceptors (Lipinski definition) is 5. The number of nitrogens with zero attached hydrogens (tertiary/aromatic N) is 2. The summed E-state index contributed by atoms with van der Waals surface area (Å²) < 4.78 is 8.68. The summed E-state index contributed by atoms with van der Waals surface area (Å²) in [4.78, 5) is 13.9. The summed E-state index contributed by atoms with van der Waals surface area (Å²) >= 11 is 6.14. The topological polar surface area (TPSA) is 32.8 Å². The molecule has 28 heavy (non-hydrogen) atoms. The van der Waals surface area contributed by atoms with Crippen molar-refractivity contribution in [3.8, 4) is 0 Å². The molecule has 2 aliphatic heterocycles. The second-order valence-corrected chi connectivity index (χ2v) is 8.71. The first-order valence-electron chi connectivity index (χ1n) is 9.53. The molecule has 0 radical (unpaired) electrons. The molecule has 3 heterocycles. The van der Waals surface area contributed by atoms with E-state index < -0.39 is 0 Å². The van der Waals surface area contributed by atoms with E-state index in [0.717, 1.165) is 37.2 Å². The molecule has 1 fully saturated rings. The van der Waals surface area contributed by atoms with E-state index in [-0.39, 0.29) is 12.1 Å². The number of thiophene rings is 1. The molecule has 0 aliphatic carbocycles. The fourth-order valence-corrected chi connectivity index (χ4v) is 4.76. The van der Waals surface area contributed by atoms with Gasteiger partial charge < -0.3 is 4.74 Å². The molecule has 1 amide bonds. The summed E-state index contributed by atoms with van der Waals surface area (Å²) in [6, 6.07) is 17.0. The van der Waals surface area contributed by atoms with Gasteiger partial charge in [-0.2, -0.15) is 0 Å². The molecule has 6 heteroatoms. The number of ether oxygens (including phenoxy) is 1. The lowest BCUT2D eigenvalue weighted by atomic mass is 10.0. The van der Waals surface area contributed by atoms with Crippen molar-refractivity contribution in [2.75, 3.05) is 18.0 Å². The Morgan fingerprint density at radius 1 is 1.11 bits per heavy atom. The zero-order valence-electron chi connectivity index (χ0n) is 15.9. The third-order valence-electron chi connectivity index (χ3n) is 5.21. The number of aryl methyl sites for hydroxylation is 1. The highest BCUT2D eigenvalue weighted by atomic mass is 32.1. The molecule has 0 unspecified atom stereocenters. The number of rotatable bonds is 1. The number of thiol groups is 1. The van der Waals surface area contributed by atoms with Crippen LogP contribution in [0.25, 0.3) is 10.1 Å². The van der Waals surface area contributed by atoms with Crippen LogP contribution in [0.2, 0.25) is 0 Å². The number of carbonyl (C=O) groups excluding carboxylic acids is 1. The Kier molecular flexibility index (Phi) is 5.90. The van der Waals surface area contributed by atoms with Crippen molar-refractivity contribution < 1.29 is 9.53 Å². The van der Waals surface area contributed by atoms with Gasteiger partial charge in [0.25, 0.3) is 0 Å². The molecule has 3 aromatic rings. The molecular weight excluding hydrogens is 388 g/mol. The largest absolute Gasteiger partial charge is 0.444 e. The number of hydrogen-bond donors (Lipinski definition) is 1. The Hall–Kier alpha value is -2.02. The Balaban J connectivity index is 0.000000177. The molecule has 146 valence electrons. The van der Waals surface area contributed by atoms with Crippen LogP contribution in [-0.2, 0) is 11.3 Å². The van der Waals surface area contributed by atoms with Gasteiger partial charge in [0.1, 0.15) is 6.61 Å². The van der Waals surface area contributed by atoms with Crippen LogP contribution >= 0.6 is 24.2 Å². The lowest BCUT2D eigenvalue weighted by Crippen LogP contribution is -2.48. The number of fused-ring (bicyclic) bond motifs is 2.